The summed E-state index contributed by atoms with van der Waals surface area (Å²) in [4.78, 5) is 23.0. The lowest BCUT2D eigenvalue weighted by Crippen LogP contribution is -2.39. The van der Waals surface area contributed by atoms with E-state index in [1.807, 2.05) is 30.3 Å². The third-order valence-corrected chi connectivity index (χ3v) is 6.19. The van der Waals surface area contributed by atoms with Crippen LogP contribution in [0.25, 0.3) is 0 Å². The van der Waals surface area contributed by atoms with E-state index >= 15 is 0 Å². The molecule has 0 saturated heterocycles. The number of hydrogen-bond donors (Lipinski definition) is 1. The molecule has 2 aromatic carbocycles. The molecule has 0 radical (unpaired) electrons. The van der Waals surface area contributed by atoms with Gasteiger partial charge in [-0.15, -0.1) is 0 Å². The lowest BCUT2D eigenvalue weighted by Gasteiger charge is -2.29. The van der Waals surface area contributed by atoms with E-state index in [2.05, 4.69) is 5.32 Å². The summed E-state index contributed by atoms with van der Waals surface area (Å²) in [5.41, 5.74) is 2.33. The zero-order valence-electron chi connectivity index (χ0n) is 18.2. The van der Waals surface area contributed by atoms with Gasteiger partial charge in [-0.25, -0.2) is 0 Å². The minimum atomic E-state index is -0.0363. The molecule has 1 fully saturated rings. The van der Waals surface area contributed by atoms with Crippen molar-refractivity contribution in [2.24, 2.45) is 0 Å². The van der Waals surface area contributed by atoms with Crippen molar-refractivity contribution in [1.29, 1.82) is 5.26 Å². The van der Waals surface area contributed by atoms with Gasteiger partial charge in [0.05, 0.1) is 16.7 Å². The van der Waals surface area contributed by atoms with Crippen molar-refractivity contribution in [3.63, 3.8) is 0 Å². The van der Waals surface area contributed by atoms with Crippen LogP contribution < -0.4 is 10.1 Å². The molecular formula is C26H29ClN2O3. The van der Waals surface area contributed by atoms with E-state index < -0.39 is 0 Å². The van der Waals surface area contributed by atoms with Crippen molar-refractivity contribution in [2.75, 3.05) is 0 Å². The van der Waals surface area contributed by atoms with Crippen LogP contribution in [0.1, 0.15) is 72.9 Å². The number of nitrogens with zero attached hydrogens (tertiary/aromatic N) is 1. The minimum absolute atomic E-state index is 0.0363. The van der Waals surface area contributed by atoms with Gasteiger partial charge in [-0.05, 0) is 74.8 Å². The molecule has 2 aromatic rings. The van der Waals surface area contributed by atoms with Crippen LogP contribution in [0.2, 0.25) is 5.02 Å². The van der Waals surface area contributed by atoms with Crippen LogP contribution in [-0.4, -0.2) is 24.3 Å². The lowest BCUT2D eigenvalue weighted by atomic mass is 9.92. The molecule has 0 spiro atoms. The number of carbonyl (C=O) groups is 2. The van der Waals surface area contributed by atoms with Gasteiger partial charge in [0, 0.05) is 24.1 Å². The molecule has 32 heavy (non-hydrogen) atoms. The van der Waals surface area contributed by atoms with Crippen molar-refractivity contribution in [1.82, 2.24) is 5.32 Å². The Kier molecular flexibility index (Phi) is 9.13. The number of ether oxygens (including phenoxy) is 1. The molecule has 0 unspecified atom stereocenters. The van der Waals surface area contributed by atoms with Gasteiger partial charge in [0.15, 0.2) is 0 Å². The third kappa shape index (κ3) is 7.10. The Labute approximate surface area is 194 Å². The number of unbranched alkanes of at least 4 members (excludes halogenated alkanes) is 3. The molecule has 0 aliphatic heterocycles. The molecule has 0 aromatic heterocycles. The average molecular weight is 453 g/mol. The summed E-state index contributed by atoms with van der Waals surface area (Å²) >= 11 is 6.08. The summed E-state index contributed by atoms with van der Waals surface area (Å²) < 4.78 is 6.02. The van der Waals surface area contributed by atoms with Crippen molar-refractivity contribution in [3.05, 3.63) is 64.2 Å². The standard InChI is InChI=1S/C26H29ClN2O3/c27-25-17-24(13-10-21(25)18-28)32-23-14-11-22(12-15-23)29-26(31)20-8-6-19(7-9-20)5-3-1-2-4-16-30/h6-10,13,16-17,22-23H,1-5,11-12,14-15H2,(H,29,31)/t22-,23-. The predicted molar refractivity (Wildman–Crippen MR) is 125 cm³/mol. The van der Waals surface area contributed by atoms with Gasteiger partial charge in [0.2, 0.25) is 0 Å². The number of nitriles is 1. The van der Waals surface area contributed by atoms with E-state index in [1.165, 1.54) is 5.56 Å². The summed E-state index contributed by atoms with van der Waals surface area (Å²) in [6, 6.07) is 15.1. The second kappa shape index (κ2) is 12.3. The first kappa shape index (κ1) is 23.8. The maximum atomic E-state index is 12.6. The minimum Gasteiger partial charge on any atom is -0.490 e. The van der Waals surface area contributed by atoms with Crippen LogP contribution in [0.3, 0.4) is 0 Å². The Hall–Kier alpha value is -2.84. The van der Waals surface area contributed by atoms with Crippen LogP contribution in [0.5, 0.6) is 5.75 Å². The zero-order chi connectivity index (χ0) is 22.8. The molecule has 168 valence electrons. The Bertz CT molecular complexity index is 945. The molecule has 3 rings (SSSR count). The molecular weight excluding hydrogens is 424 g/mol. The van der Waals surface area contributed by atoms with Crippen LogP contribution in [0.4, 0.5) is 0 Å². The number of halogens is 1. The fraction of sp³-hybridized carbons (Fsp3) is 0.423. The number of nitrogens with one attached hydrogen (secondary N) is 1. The zero-order valence-corrected chi connectivity index (χ0v) is 18.9. The topological polar surface area (TPSA) is 79.2 Å². The summed E-state index contributed by atoms with van der Waals surface area (Å²) in [5.74, 6) is 0.635. The quantitative estimate of drug-likeness (QED) is 0.374. The molecule has 1 saturated carbocycles. The van der Waals surface area contributed by atoms with Crippen molar-refractivity contribution >= 4 is 23.8 Å². The lowest BCUT2D eigenvalue weighted by molar-refractivity contribution is -0.107. The van der Waals surface area contributed by atoms with Gasteiger partial charge in [0.25, 0.3) is 5.91 Å². The van der Waals surface area contributed by atoms with Gasteiger partial charge >= 0.3 is 0 Å². The van der Waals surface area contributed by atoms with E-state index in [9.17, 15) is 9.59 Å². The summed E-state index contributed by atoms with van der Waals surface area (Å²) in [5, 5.41) is 12.5. The number of carbonyl (C=O) groups excluding carboxylic acids is 2. The van der Waals surface area contributed by atoms with Gasteiger partial charge < -0.3 is 14.8 Å². The molecule has 1 aliphatic rings. The largest absolute Gasteiger partial charge is 0.490 e. The smallest absolute Gasteiger partial charge is 0.251 e. The van der Waals surface area contributed by atoms with Crippen LogP contribution in [-0.2, 0) is 11.2 Å². The number of rotatable bonds is 10. The highest BCUT2D eigenvalue weighted by Crippen LogP contribution is 2.27. The first-order chi connectivity index (χ1) is 15.6. The predicted octanol–water partition coefficient (Wildman–Crippen LogP) is 5.63. The maximum Gasteiger partial charge on any atom is 0.251 e. The van der Waals surface area contributed by atoms with Gasteiger partial charge in [-0.2, -0.15) is 5.26 Å². The summed E-state index contributed by atoms with van der Waals surface area (Å²) in [7, 11) is 0. The van der Waals surface area contributed by atoms with Crippen molar-refractivity contribution < 1.29 is 14.3 Å². The highest BCUT2D eigenvalue weighted by Gasteiger charge is 2.24. The van der Waals surface area contributed by atoms with Gasteiger partial charge in [0.1, 0.15) is 18.1 Å². The van der Waals surface area contributed by atoms with Crippen LogP contribution >= 0.6 is 11.6 Å². The van der Waals surface area contributed by atoms with Crippen LogP contribution in [0.15, 0.2) is 42.5 Å². The average Bonchev–Trinajstić information content (AvgIpc) is 2.81. The Morgan fingerprint density at radius 3 is 2.50 bits per heavy atom. The fourth-order valence-electron chi connectivity index (χ4n) is 4.00. The second-order valence-corrected chi connectivity index (χ2v) is 8.69. The number of aryl methyl sites for hydroxylation is 1. The Morgan fingerprint density at radius 1 is 1.09 bits per heavy atom. The molecule has 0 bridgehead atoms. The SMILES string of the molecule is N#Cc1ccc(O[C@H]2CC[C@H](NC(=O)c3ccc(CCCCCC=O)cc3)CC2)cc1Cl. The molecule has 6 heteroatoms. The Balaban J connectivity index is 1.40. The number of benzene rings is 2. The maximum absolute atomic E-state index is 12.6. The first-order valence-corrected chi connectivity index (χ1v) is 11.7. The van der Waals surface area contributed by atoms with Crippen molar-refractivity contribution in [2.45, 2.75) is 69.9 Å². The van der Waals surface area contributed by atoms with Crippen molar-refractivity contribution in [3.8, 4) is 11.8 Å². The molecule has 5 nitrogen and oxygen atoms in total. The monoisotopic (exact) mass is 452 g/mol. The fourth-order valence-corrected chi connectivity index (χ4v) is 4.22. The third-order valence-electron chi connectivity index (χ3n) is 5.88. The van der Waals surface area contributed by atoms with E-state index in [1.54, 1.807) is 18.2 Å². The number of hydrogen-bond acceptors (Lipinski definition) is 4. The molecule has 0 heterocycles. The first-order valence-electron chi connectivity index (χ1n) is 11.3. The summed E-state index contributed by atoms with van der Waals surface area (Å²) in [6.45, 7) is 0. The highest BCUT2D eigenvalue weighted by atomic mass is 35.5. The van der Waals surface area contributed by atoms with Gasteiger partial charge in [-0.3, -0.25) is 4.79 Å². The number of aldehydes is 1. The molecule has 0 atom stereocenters. The number of amides is 1. The molecule has 1 aliphatic carbocycles. The molecule has 1 N–H and O–H groups in total. The normalized spacial score (nSPS) is 17.9. The Morgan fingerprint density at radius 2 is 1.84 bits per heavy atom. The van der Waals surface area contributed by atoms with E-state index in [0.717, 1.165) is 57.7 Å². The molecule has 1 amide bonds. The van der Waals surface area contributed by atoms with E-state index in [4.69, 9.17) is 21.6 Å². The highest BCUT2D eigenvalue weighted by molar-refractivity contribution is 6.31. The van der Waals surface area contributed by atoms with E-state index in [-0.39, 0.29) is 18.1 Å². The van der Waals surface area contributed by atoms with E-state index in [0.29, 0.717) is 28.3 Å². The van der Waals surface area contributed by atoms with Crippen LogP contribution in [0, 0.1) is 11.3 Å². The van der Waals surface area contributed by atoms with Gasteiger partial charge in [-0.1, -0.05) is 30.2 Å². The second-order valence-electron chi connectivity index (χ2n) is 8.28. The summed E-state index contributed by atoms with van der Waals surface area (Å²) in [6.07, 6.45) is 9.13.